The Kier molecular flexibility index (Phi) is 6.39. The maximum atomic E-state index is 11.9. The van der Waals surface area contributed by atoms with Gasteiger partial charge in [-0.15, -0.1) is 0 Å². The van der Waals surface area contributed by atoms with Crippen LogP contribution in [-0.4, -0.2) is 17.0 Å². The van der Waals surface area contributed by atoms with Crippen molar-refractivity contribution >= 4 is 37.8 Å². The van der Waals surface area contributed by atoms with Gasteiger partial charge in [0.05, 0.1) is 0 Å². The van der Waals surface area contributed by atoms with Crippen LogP contribution < -0.4 is 10.9 Å². The Hall–Kier alpha value is -1.40. The highest BCUT2D eigenvalue weighted by atomic mass is 79.9. The van der Waals surface area contributed by atoms with Gasteiger partial charge in [-0.1, -0.05) is 15.9 Å². The minimum absolute atomic E-state index is 0.0119. The van der Waals surface area contributed by atoms with Crippen molar-refractivity contribution in [2.24, 2.45) is 0 Å². The molecule has 6 heteroatoms. The van der Waals surface area contributed by atoms with Crippen LogP contribution in [0, 0.1) is 0 Å². The van der Waals surface area contributed by atoms with E-state index in [1.54, 1.807) is 35.0 Å². The van der Waals surface area contributed by atoms with E-state index >= 15 is 0 Å². The van der Waals surface area contributed by atoms with E-state index in [0.717, 1.165) is 21.8 Å². The Morgan fingerprint density at radius 2 is 1.68 bits per heavy atom. The molecule has 22 heavy (non-hydrogen) atoms. The summed E-state index contributed by atoms with van der Waals surface area (Å²) < 4.78 is 3.50. The molecular weight excluding hydrogens is 412 g/mol. The molecule has 0 aliphatic heterocycles. The summed E-state index contributed by atoms with van der Waals surface area (Å²) in [6.45, 7) is 1.24. The molecule has 0 spiro atoms. The van der Waals surface area contributed by atoms with E-state index in [9.17, 15) is 9.59 Å². The zero-order chi connectivity index (χ0) is 15.9. The number of aryl methyl sites for hydroxylation is 1. The van der Waals surface area contributed by atoms with Crippen molar-refractivity contribution in [3.63, 3.8) is 0 Å². The molecule has 116 valence electrons. The van der Waals surface area contributed by atoms with Gasteiger partial charge in [-0.05, 0) is 59.1 Å². The molecule has 0 radical (unpaired) electrons. The van der Waals surface area contributed by atoms with Gasteiger partial charge in [-0.25, -0.2) is 0 Å². The molecule has 0 unspecified atom stereocenters. The molecule has 2 rings (SSSR count). The average Bonchev–Trinajstić information content (AvgIpc) is 2.50. The van der Waals surface area contributed by atoms with E-state index in [4.69, 9.17) is 0 Å². The van der Waals surface area contributed by atoms with Gasteiger partial charge in [0.25, 0.3) is 11.5 Å². The van der Waals surface area contributed by atoms with Crippen LogP contribution in [0.25, 0.3) is 0 Å². The van der Waals surface area contributed by atoms with Gasteiger partial charge in [0.15, 0.2) is 0 Å². The van der Waals surface area contributed by atoms with Gasteiger partial charge in [0.1, 0.15) is 0 Å². The molecule has 2 aromatic rings. The maximum absolute atomic E-state index is 11.9. The van der Waals surface area contributed by atoms with Crippen LogP contribution in [0.3, 0.4) is 0 Å². The summed E-state index contributed by atoms with van der Waals surface area (Å²) in [5.41, 5.74) is 0.633. The molecule has 0 aliphatic rings. The fourth-order valence-corrected chi connectivity index (χ4v) is 2.63. The number of nitrogens with zero attached hydrogens (tertiary/aromatic N) is 1. The van der Waals surface area contributed by atoms with E-state index in [1.807, 2.05) is 12.1 Å². The molecule has 0 atom stereocenters. The highest BCUT2D eigenvalue weighted by molar-refractivity contribution is 9.10. The number of benzene rings is 1. The van der Waals surface area contributed by atoms with Gasteiger partial charge < -0.3 is 9.88 Å². The molecule has 1 aromatic carbocycles. The van der Waals surface area contributed by atoms with Crippen LogP contribution in [0.15, 0.2) is 56.3 Å². The van der Waals surface area contributed by atoms with Gasteiger partial charge in [0, 0.05) is 39.9 Å². The minimum Gasteiger partial charge on any atom is -0.352 e. The number of hydrogen-bond donors (Lipinski definition) is 1. The number of carbonyl (C=O) groups excluding carboxylic acids is 1. The second kappa shape index (κ2) is 8.29. The fourth-order valence-electron chi connectivity index (χ4n) is 1.99. The molecule has 1 N–H and O–H groups in total. The highest BCUT2D eigenvalue weighted by Crippen LogP contribution is 2.10. The summed E-state index contributed by atoms with van der Waals surface area (Å²) in [5, 5.41) is 2.88. The molecular formula is C16H16Br2N2O2. The Morgan fingerprint density at radius 1 is 1.00 bits per heavy atom. The molecule has 0 aliphatic carbocycles. The predicted octanol–water partition coefficient (Wildman–Crippen LogP) is 3.58. The van der Waals surface area contributed by atoms with Crippen molar-refractivity contribution in [2.45, 2.75) is 19.4 Å². The van der Waals surface area contributed by atoms with Gasteiger partial charge in [0.2, 0.25) is 0 Å². The van der Waals surface area contributed by atoms with E-state index < -0.39 is 0 Å². The van der Waals surface area contributed by atoms with E-state index in [0.29, 0.717) is 18.7 Å². The predicted molar refractivity (Wildman–Crippen MR) is 94.1 cm³/mol. The number of carbonyl (C=O) groups is 1. The summed E-state index contributed by atoms with van der Waals surface area (Å²) >= 11 is 6.69. The normalized spacial score (nSPS) is 10.5. The molecule has 0 saturated carbocycles. The number of aromatic nitrogens is 1. The summed E-state index contributed by atoms with van der Waals surface area (Å²) in [6, 6.07) is 10.5. The van der Waals surface area contributed by atoms with Crippen molar-refractivity contribution in [3.05, 3.63) is 67.5 Å². The third kappa shape index (κ3) is 5.10. The van der Waals surface area contributed by atoms with E-state index in [2.05, 4.69) is 37.2 Å². The lowest BCUT2D eigenvalue weighted by Gasteiger charge is -2.07. The van der Waals surface area contributed by atoms with E-state index in [-0.39, 0.29) is 11.5 Å². The molecule has 0 bridgehead atoms. The Morgan fingerprint density at radius 3 is 2.41 bits per heavy atom. The summed E-state index contributed by atoms with van der Waals surface area (Å²) in [7, 11) is 0. The Balaban J connectivity index is 1.73. The van der Waals surface area contributed by atoms with Crippen LogP contribution in [0.2, 0.25) is 0 Å². The van der Waals surface area contributed by atoms with Crippen LogP contribution >= 0.6 is 31.9 Å². The first-order valence-electron chi connectivity index (χ1n) is 6.96. The fraction of sp³-hybridized carbons (Fsp3) is 0.250. The lowest BCUT2D eigenvalue weighted by Crippen LogP contribution is -2.25. The number of nitrogens with one attached hydrogen (secondary N) is 1. The summed E-state index contributed by atoms with van der Waals surface area (Å²) in [5.74, 6) is -0.0767. The molecule has 0 saturated heterocycles. The molecule has 1 amide bonds. The van der Waals surface area contributed by atoms with Gasteiger partial charge in [-0.3, -0.25) is 9.59 Å². The van der Waals surface area contributed by atoms with Crippen molar-refractivity contribution in [1.82, 2.24) is 9.88 Å². The molecule has 1 heterocycles. The largest absolute Gasteiger partial charge is 0.352 e. The second-order valence-electron chi connectivity index (χ2n) is 4.85. The zero-order valence-electron chi connectivity index (χ0n) is 11.9. The third-order valence-corrected chi connectivity index (χ3v) is 4.16. The van der Waals surface area contributed by atoms with Crippen LogP contribution in [0.4, 0.5) is 0 Å². The van der Waals surface area contributed by atoms with Crippen LogP contribution in [0.5, 0.6) is 0 Å². The van der Waals surface area contributed by atoms with Crippen molar-refractivity contribution in [3.8, 4) is 0 Å². The quantitative estimate of drug-likeness (QED) is 0.716. The second-order valence-corrected chi connectivity index (χ2v) is 6.68. The average molecular weight is 428 g/mol. The number of amides is 1. The standard InChI is InChI=1S/C16H16Br2N2O2/c17-13-5-3-12(4-6-13)16(22)19-9-1-2-10-20-11-14(18)7-8-15(20)21/h3-8,11H,1-2,9-10H2,(H,19,22). The Labute approximate surface area is 145 Å². The molecule has 0 fully saturated rings. The lowest BCUT2D eigenvalue weighted by molar-refractivity contribution is 0.0953. The number of pyridine rings is 1. The summed E-state index contributed by atoms with van der Waals surface area (Å²) in [6.07, 6.45) is 3.43. The van der Waals surface area contributed by atoms with Gasteiger partial charge in [-0.2, -0.15) is 0 Å². The van der Waals surface area contributed by atoms with Gasteiger partial charge >= 0.3 is 0 Å². The summed E-state index contributed by atoms with van der Waals surface area (Å²) in [4.78, 5) is 23.5. The third-order valence-electron chi connectivity index (χ3n) is 3.17. The van der Waals surface area contributed by atoms with E-state index in [1.165, 1.54) is 0 Å². The lowest BCUT2D eigenvalue weighted by atomic mass is 10.2. The van der Waals surface area contributed by atoms with Crippen molar-refractivity contribution < 1.29 is 4.79 Å². The molecule has 4 nitrogen and oxygen atoms in total. The smallest absolute Gasteiger partial charge is 0.251 e. The maximum Gasteiger partial charge on any atom is 0.251 e. The zero-order valence-corrected chi connectivity index (χ0v) is 15.1. The number of halogens is 2. The van der Waals surface area contributed by atoms with Crippen LogP contribution in [0.1, 0.15) is 23.2 Å². The number of unbranched alkanes of at least 4 members (excludes halogenated alkanes) is 1. The first kappa shape index (κ1) is 17.0. The number of hydrogen-bond acceptors (Lipinski definition) is 2. The first-order chi connectivity index (χ1) is 10.6. The van der Waals surface area contributed by atoms with Crippen LogP contribution in [-0.2, 0) is 6.54 Å². The topological polar surface area (TPSA) is 51.1 Å². The Bertz CT molecular complexity index is 696. The first-order valence-corrected chi connectivity index (χ1v) is 8.54. The molecule has 1 aromatic heterocycles. The SMILES string of the molecule is O=C(NCCCCn1cc(Br)ccc1=O)c1ccc(Br)cc1. The minimum atomic E-state index is -0.0767. The monoisotopic (exact) mass is 426 g/mol. The van der Waals surface area contributed by atoms with Crippen molar-refractivity contribution in [2.75, 3.05) is 6.54 Å². The highest BCUT2D eigenvalue weighted by Gasteiger charge is 2.04. The van der Waals surface area contributed by atoms with Crippen molar-refractivity contribution in [1.29, 1.82) is 0 Å². The number of rotatable bonds is 6.